The second-order valence-electron chi connectivity index (χ2n) is 7.16. The number of anilines is 2. The van der Waals surface area contributed by atoms with Gasteiger partial charge >= 0.3 is 0 Å². The number of carbonyl (C=O) groups is 2. The van der Waals surface area contributed by atoms with E-state index >= 15 is 0 Å². The normalized spacial score (nSPS) is 15.0. The second-order valence-corrected chi connectivity index (χ2v) is 7.16. The lowest BCUT2D eigenvalue weighted by molar-refractivity contribution is -0.122. The zero-order valence-electron chi connectivity index (χ0n) is 17.4. The number of fused-ring (bicyclic) bond motifs is 1. The number of hydrogen-bond donors (Lipinski definition) is 3. The molecule has 32 heavy (non-hydrogen) atoms. The maximum atomic E-state index is 12.6. The molecule has 1 aromatic heterocycles. The van der Waals surface area contributed by atoms with Crippen LogP contribution in [0.1, 0.15) is 28.8 Å². The van der Waals surface area contributed by atoms with E-state index in [2.05, 4.69) is 20.2 Å². The van der Waals surface area contributed by atoms with Gasteiger partial charge in [0.1, 0.15) is 30.7 Å². The molecule has 4 rings (SSSR count). The molecule has 4 N–H and O–H groups in total. The molecule has 1 fully saturated rings. The minimum absolute atomic E-state index is 0.155. The van der Waals surface area contributed by atoms with Crippen molar-refractivity contribution in [2.24, 2.45) is 5.92 Å². The fraction of sp³-hybridized carbons (Fsp3) is 0.381. The van der Waals surface area contributed by atoms with E-state index in [4.69, 9.17) is 30.4 Å². The highest BCUT2D eigenvalue weighted by Crippen LogP contribution is 2.33. The molecule has 0 atom stereocenters. The fourth-order valence-electron chi connectivity index (χ4n) is 3.55. The van der Waals surface area contributed by atoms with E-state index in [1.807, 2.05) is 6.07 Å². The van der Waals surface area contributed by atoms with Crippen LogP contribution in [0.25, 0.3) is 0 Å². The summed E-state index contributed by atoms with van der Waals surface area (Å²) in [5, 5.41) is 18.8. The van der Waals surface area contributed by atoms with Gasteiger partial charge in [-0.2, -0.15) is 10.2 Å². The summed E-state index contributed by atoms with van der Waals surface area (Å²) < 4.78 is 11.2. The Bertz CT molecular complexity index is 1000. The highest BCUT2D eigenvalue weighted by atomic mass is 16.6. The van der Waals surface area contributed by atoms with Crippen molar-refractivity contribution in [1.29, 1.82) is 5.26 Å². The molecule has 0 saturated carbocycles. The van der Waals surface area contributed by atoms with Crippen LogP contribution >= 0.6 is 0 Å². The Balaban J connectivity index is 0.000000913. The van der Waals surface area contributed by atoms with Crippen LogP contribution in [-0.2, 0) is 4.79 Å². The molecule has 11 nitrogen and oxygen atoms in total. The maximum absolute atomic E-state index is 12.6. The first-order chi connectivity index (χ1) is 15.6. The van der Waals surface area contributed by atoms with Crippen molar-refractivity contribution < 1.29 is 24.2 Å². The van der Waals surface area contributed by atoms with Gasteiger partial charge < -0.3 is 30.5 Å². The molecule has 11 heteroatoms. The highest BCUT2D eigenvalue weighted by Gasteiger charge is 2.24. The highest BCUT2D eigenvalue weighted by molar-refractivity contribution is 5.97. The van der Waals surface area contributed by atoms with Crippen LogP contribution in [0.4, 0.5) is 11.8 Å². The lowest BCUT2D eigenvalue weighted by Crippen LogP contribution is -2.39. The predicted molar refractivity (Wildman–Crippen MR) is 115 cm³/mol. The van der Waals surface area contributed by atoms with Gasteiger partial charge in [-0.3, -0.25) is 9.59 Å². The number of piperidine rings is 1. The quantitative estimate of drug-likeness (QED) is 0.585. The molecule has 0 unspecified atom stereocenters. The predicted octanol–water partition coefficient (Wildman–Crippen LogP) is 1.05. The molecule has 0 aliphatic carbocycles. The van der Waals surface area contributed by atoms with E-state index < -0.39 is 0 Å². The van der Waals surface area contributed by atoms with Gasteiger partial charge in [0.25, 0.3) is 12.4 Å². The van der Waals surface area contributed by atoms with Gasteiger partial charge in [0, 0.05) is 19.6 Å². The van der Waals surface area contributed by atoms with Gasteiger partial charge in [0.15, 0.2) is 11.5 Å². The lowest BCUT2D eigenvalue weighted by atomic mass is 9.97. The molecule has 1 aromatic carbocycles. The molecule has 1 saturated heterocycles. The third kappa shape index (κ3) is 5.34. The van der Waals surface area contributed by atoms with E-state index in [1.165, 1.54) is 6.20 Å². The summed E-state index contributed by atoms with van der Waals surface area (Å²) in [6, 6.07) is 7.32. The Hall–Kier alpha value is -4.07. The first-order valence-electron chi connectivity index (χ1n) is 10.1. The zero-order valence-corrected chi connectivity index (χ0v) is 17.4. The van der Waals surface area contributed by atoms with Crippen molar-refractivity contribution in [3.8, 4) is 17.6 Å². The first-order valence-corrected chi connectivity index (χ1v) is 10.1. The number of benzene rings is 1. The molecule has 2 aliphatic heterocycles. The Morgan fingerprint density at radius 1 is 1.34 bits per heavy atom. The zero-order chi connectivity index (χ0) is 22.9. The molecule has 2 aliphatic rings. The van der Waals surface area contributed by atoms with Crippen LogP contribution in [0, 0.1) is 17.2 Å². The molecule has 3 heterocycles. The average molecular weight is 440 g/mol. The molecule has 0 bridgehead atoms. The number of nitrogens with zero attached hydrogens (tertiary/aromatic N) is 4. The van der Waals surface area contributed by atoms with Crippen LogP contribution in [0.5, 0.6) is 11.5 Å². The minimum Gasteiger partial charge on any atom is -0.486 e. The number of nitrogens with two attached hydrogens (primary N) is 1. The SMILES string of the molecule is N#Cc1cnc(N2CCC(CNC(=O)c3cccc4c3OCCO4)CC2)nc1N.O=CO. The van der Waals surface area contributed by atoms with Crippen LogP contribution < -0.4 is 25.4 Å². The number of ether oxygens (including phenoxy) is 2. The number of hydrogen-bond acceptors (Lipinski definition) is 9. The van der Waals surface area contributed by atoms with E-state index in [-0.39, 0.29) is 23.8 Å². The number of nitrogens with one attached hydrogen (secondary N) is 1. The largest absolute Gasteiger partial charge is 0.486 e. The smallest absolute Gasteiger partial charge is 0.290 e. The lowest BCUT2D eigenvalue weighted by Gasteiger charge is -2.32. The maximum Gasteiger partial charge on any atom is 0.290 e. The van der Waals surface area contributed by atoms with Crippen molar-refractivity contribution in [2.75, 3.05) is 43.5 Å². The van der Waals surface area contributed by atoms with Gasteiger partial charge in [-0.25, -0.2) is 4.98 Å². The average Bonchev–Trinajstić information content (AvgIpc) is 2.83. The molecule has 168 valence electrons. The number of rotatable bonds is 4. The Kier molecular flexibility index (Phi) is 7.64. The fourth-order valence-corrected chi connectivity index (χ4v) is 3.55. The number of aromatic nitrogens is 2. The summed E-state index contributed by atoms with van der Waals surface area (Å²) >= 11 is 0. The van der Waals surface area contributed by atoms with E-state index in [0.29, 0.717) is 48.7 Å². The first kappa shape index (κ1) is 22.6. The molecule has 0 radical (unpaired) electrons. The minimum atomic E-state index is -0.250. The van der Waals surface area contributed by atoms with E-state index in [0.717, 1.165) is 25.9 Å². The summed E-state index contributed by atoms with van der Waals surface area (Å²) in [6.07, 6.45) is 3.25. The monoisotopic (exact) mass is 440 g/mol. The molecule has 2 aromatic rings. The third-order valence-electron chi connectivity index (χ3n) is 5.19. The summed E-state index contributed by atoms with van der Waals surface area (Å²) in [5.74, 6) is 2.07. The standard InChI is InChI=1S/C20H22N6O3.CH2O2/c21-10-14-12-24-20(25-18(14)22)26-6-4-13(5-7-26)11-23-19(27)15-2-1-3-16-17(15)29-9-8-28-16;2-1-3/h1-3,12-13H,4-9,11H2,(H,23,27)(H2,22,24,25);1H,(H,2,3). The third-order valence-corrected chi connectivity index (χ3v) is 5.19. The number of nitrogen functional groups attached to an aromatic ring is 1. The van der Waals surface area contributed by atoms with Crippen LogP contribution in [0.15, 0.2) is 24.4 Å². The van der Waals surface area contributed by atoms with E-state index in [1.54, 1.807) is 18.2 Å². The van der Waals surface area contributed by atoms with Crippen LogP contribution in [0.3, 0.4) is 0 Å². The Morgan fingerprint density at radius 2 is 2.06 bits per heavy atom. The van der Waals surface area contributed by atoms with Crippen molar-refractivity contribution in [3.63, 3.8) is 0 Å². The Morgan fingerprint density at radius 3 is 2.75 bits per heavy atom. The summed E-state index contributed by atoms with van der Waals surface area (Å²) in [4.78, 5) is 31.5. The van der Waals surface area contributed by atoms with Crippen molar-refractivity contribution in [3.05, 3.63) is 35.5 Å². The molecule has 0 spiro atoms. The summed E-state index contributed by atoms with van der Waals surface area (Å²) in [7, 11) is 0. The summed E-state index contributed by atoms with van der Waals surface area (Å²) in [5.41, 5.74) is 6.57. The van der Waals surface area contributed by atoms with E-state index in [9.17, 15) is 4.79 Å². The molecular weight excluding hydrogens is 416 g/mol. The number of amides is 1. The second kappa shape index (κ2) is 10.8. The molecular formula is C21H24N6O5. The van der Waals surface area contributed by atoms with Crippen molar-refractivity contribution >= 4 is 24.1 Å². The molecule has 1 amide bonds. The number of carboxylic acid groups (broad SMARTS) is 1. The van der Waals surface area contributed by atoms with Gasteiger partial charge in [0.2, 0.25) is 5.95 Å². The van der Waals surface area contributed by atoms with Gasteiger partial charge in [0.05, 0.1) is 11.8 Å². The van der Waals surface area contributed by atoms with Crippen molar-refractivity contribution in [2.45, 2.75) is 12.8 Å². The number of nitriles is 1. The Labute approximate surface area is 184 Å². The van der Waals surface area contributed by atoms with Crippen molar-refractivity contribution in [1.82, 2.24) is 15.3 Å². The number of para-hydroxylation sites is 1. The van der Waals surface area contributed by atoms with Gasteiger partial charge in [-0.05, 0) is 30.9 Å². The number of carbonyl (C=O) groups excluding carboxylic acids is 1. The van der Waals surface area contributed by atoms with Gasteiger partial charge in [-0.1, -0.05) is 6.07 Å². The van der Waals surface area contributed by atoms with Crippen LogP contribution in [-0.4, -0.2) is 60.3 Å². The van der Waals surface area contributed by atoms with Gasteiger partial charge in [-0.15, -0.1) is 0 Å². The summed E-state index contributed by atoms with van der Waals surface area (Å²) in [6.45, 7) is 2.81. The topological polar surface area (TPSA) is 164 Å². The van der Waals surface area contributed by atoms with Crippen LogP contribution in [0.2, 0.25) is 0 Å².